The molecule has 124 valence electrons. The van der Waals surface area contributed by atoms with E-state index in [-0.39, 0.29) is 0 Å². The molecule has 0 atom stereocenters. The molecule has 4 rings (SSSR count). The molecular weight excluding hydrogens is 310 g/mol. The molecule has 0 unspecified atom stereocenters. The van der Waals surface area contributed by atoms with Crippen LogP contribution in [0, 0.1) is 6.92 Å². The largest absolute Gasteiger partial charge is 0.370 e. The number of aromatic amines is 1. The minimum absolute atomic E-state index is 0.734. The number of pyridine rings is 1. The van der Waals surface area contributed by atoms with Gasteiger partial charge in [0.1, 0.15) is 11.6 Å². The Bertz CT molecular complexity index is 991. The lowest BCUT2D eigenvalue weighted by Gasteiger charge is -2.08. The van der Waals surface area contributed by atoms with Crippen LogP contribution < -0.4 is 5.32 Å². The predicted molar refractivity (Wildman–Crippen MR) is 100 cm³/mol. The number of nitrogens with one attached hydrogen (secondary N) is 2. The van der Waals surface area contributed by atoms with Crippen LogP contribution in [-0.2, 0) is 6.42 Å². The maximum absolute atomic E-state index is 4.48. The van der Waals surface area contributed by atoms with Gasteiger partial charge in [0.25, 0.3) is 0 Å². The highest BCUT2D eigenvalue weighted by Crippen LogP contribution is 2.19. The molecule has 3 heterocycles. The molecule has 0 aliphatic carbocycles. The lowest BCUT2D eigenvalue weighted by molar-refractivity contribution is 0.986. The summed E-state index contributed by atoms with van der Waals surface area (Å²) in [6.45, 7) is 2.71. The molecule has 5 nitrogen and oxygen atoms in total. The number of fused-ring (bicyclic) bond motifs is 1. The molecule has 5 heteroatoms. The van der Waals surface area contributed by atoms with E-state index in [4.69, 9.17) is 0 Å². The first kappa shape index (κ1) is 15.3. The average molecular weight is 329 g/mol. The van der Waals surface area contributed by atoms with Crippen molar-refractivity contribution in [3.05, 3.63) is 72.3 Å². The third kappa shape index (κ3) is 3.35. The highest BCUT2D eigenvalue weighted by atomic mass is 15.0. The molecule has 3 aromatic heterocycles. The van der Waals surface area contributed by atoms with Crippen molar-refractivity contribution in [3.8, 4) is 11.4 Å². The molecule has 0 saturated heterocycles. The molecule has 0 spiro atoms. The normalized spacial score (nSPS) is 10.9. The van der Waals surface area contributed by atoms with Gasteiger partial charge < -0.3 is 10.3 Å². The first-order valence-corrected chi connectivity index (χ1v) is 8.35. The van der Waals surface area contributed by atoms with Crippen molar-refractivity contribution in [2.24, 2.45) is 0 Å². The number of para-hydroxylation sites is 1. The second-order valence-corrected chi connectivity index (χ2v) is 5.94. The molecule has 0 aliphatic heterocycles. The average Bonchev–Trinajstić information content (AvgIpc) is 3.05. The lowest BCUT2D eigenvalue weighted by Crippen LogP contribution is -2.07. The fourth-order valence-electron chi connectivity index (χ4n) is 2.97. The van der Waals surface area contributed by atoms with E-state index in [0.717, 1.165) is 36.0 Å². The van der Waals surface area contributed by atoms with Gasteiger partial charge in [-0.25, -0.2) is 9.97 Å². The molecule has 4 aromatic rings. The van der Waals surface area contributed by atoms with Crippen LogP contribution in [0.5, 0.6) is 0 Å². The van der Waals surface area contributed by atoms with Gasteiger partial charge in [-0.2, -0.15) is 0 Å². The van der Waals surface area contributed by atoms with Gasteiger partial charge in [-0.1, -0.05) is 24.3 Å². The van der Waals surface area contributed by atoms with Gasteiger partial charge in [-0.05, 0) is 37.1 Å². The molecule has 0 fully saturated rings. The smallest absolute Gasteiger partial charge is 0.130 e. The second kappa shape index (κ2) is 6.73. The summed E-state index contributed by atoms with van der Waals surface area (Å²) in [5.41, 5.74) is 4.17. The zero-order valence-corrected chi connectivity index (χ0v) is 14.0. The topological polar surface area (TPSA) is 66.5 Å². The minimum Gasteiger partial charge on any atom is -0.370 e. The zero-order chi connectivity index (χ0) is 17.1. The van der Waals surface area contributed by atoms with Crippen molar-refractivity contribution < 1.29 is 0 Å². The standard InChI is InChI=1S/C20H19N5/c1-14-24-19(18-8-4-5-10-21-18)12-20(25-14)22-11-9-15-13-23-17-7-3-2-6-16(15)17/h2-8,10,12-13,23H,9,11H2,1H3,(H,22,24,25). The lowest BCUT2D eigenvalue weighted by atomic mass is 10.1. The Hall–Kier alpha value is -3.21. The number of rotatable bonds is 5. The van der Waals surface area contributed by atoms with E-state index in [9.17, 15) is 0 Å². The van der Waals surface area contributed by atoms with Crippen molar-refractivity contribution in [3.63, 3.8) is 0 Å². The summed E-state index contributed by atoms with van der Waals surface area (Å²) >= 11 is 0. The summed E-state index contributed by atoms with van der Waals surface area (Å²) in [5.74, 6) is 1.56. The predicted octanol–water partition coefficient (Wildman–Crippen LogP) is 3.98. The quantitative estimate of drug-likeness (QED) is 0.581. The van der Waals surface area contributed by atoms with E-state index in [1.807, 2.05) is 37.3 Å². The van der Waals surface area contributed by atoms with E-state index in [1.54, 1.807) is 6.20 Å². The number of anilines is 1. The zero-order valence-electron chi connectivity index (χ0n) is 14.0. The van der Waals surface area contributed by atoms with E-state index in [1.165, 1.54) is 16.5 Å². The summed E-state index contributed by atoms with van der Waals surface area (Å²) in [5, 5.41) is 4.68. The first-order valence-electron chi connectivity index (χ1n) is 8.35. The number of aromatic nitrogens is 4. The van der Waals surface area contributed by atoms with E-state index < -0.39 is 0 Å². The van der Waals surface area contributed by atoms with Gasteiger partial charge >= 0.3 is 0 Å². The summed E-state index contributed by atoms with van der Waals surface area (Å²) < 4.78 is 0. The molecule has 0 bridgehead atoms. The van der Waals surface area contributed by atoms with Crippen molar-refractivity contribution in [1.29, 1.82) is 0 Å². The number of benzene rings is 1. The fourth-order valence-corrected chi connectivity index (χ4v) is 2.97. The summed E-state index contributed by atoms with van der Waals surface area (Å²) in [7, 11) is 0. The molecule has 0 radical (unpaired) electrons. The third-order valence-electron chi connectivity index (χ3n) is 4.14. The van der Waals surface area contributed by atoms with Gasteiger partial charge in [-0.3, -0.25) is 4.98 Å². The third-order valence-corrected chi connectivity index (χ3v) is 4.14. The van der Waals surface area contributed by atoms with E-state index >= 15 is 0 Å². The Balaban J connectivity index is 1.49. The van der Waals surface area contributed by atoms with E-state index in [2.05, 4.69) is 49.6 Å². The maximum Gasteiger partial charge on any atom is 0.130 e. The Kier molecular flexibility index (Phi) is 4.12. The monoisotopic (exact) mass is 329 g/mol. The molecule has 0 amide bonds. The van der Waals surface area contributed by atoms with Crippen LogP contribution in [0.15, 0.2) is 60.9 Å². The fraction of sp³-hybridized carbons (Fsp3) is 0.150. The van der Waals surface area contributed by atoms with Crippen LogP contribution in [-0.4, -0.2) is 26.5 Å². The molecule has 0 saturated carbocycles. The molecule has 0 aliphatic rings. The molecule has 2 N–H and O–H groups in total. The van der Waals surface area contributed by atoms with Crippen LogP contribution in [0.1, 0.15) is 11.4 Å². The van der Waals surface area contributed by atoms with Crippen molar-refractivity contribution >= 4 is 16.7 Å². The van der Waals surface area contributed by atoms with Crippen LogP contribution in [0.2, 0.25) is 0 Å². The Morgan fingerprint density at radius 1 is 1.00 bits per heavy atom. The number of nitrogens with zero attached hydrogens (tertiary/aromatic N) is 3. The second-order valence-electron chi connectivity index (χ2n) is 5.94. The first-order chi connectivity index (χ1) is 12.3. The number of hydrogen-bond acceptors (Lipinski definition) is 4. The van der Waals surface area contributed by atoms with E-state index in [0.29, 0.717) is 0 Å². The highest BCUT2D eigenvalue weighted by Gasteiger charge is 2.06. The molecule has 1 aromatic carbocycles. The van der Waals surface area contributed by atoms with Gasteiger partial charge in [0.05, 0.1) is 11.4 Å². The molecule has 25 heavy (non-hydrogen) atoms. The number of H-pyrrole nitrogens is 1. The van der Waals surface area contributed by atoms with Crippen LogP contribution in [0.4, 0.5) is 5.82 Å². The number of aryl methyl sites for hydroxylation is 1. The highest BCUT2D eigenvalue weighted by molar-refractivity contribution is 5.83. The van der Waals surface area contributed by atoms with Crippen LogP contribution >= 0.6 is 0 Å². The Morgan fingerprint density at radius 3 is 2.76 bits per heavy atom. The molecular formula is C20H19N5. The summed E-state index contributed by atoms with van der Waals surface area (Å²) in [4.78, 5) is 16.6. The Labute approximate surface area is 146 Å². The number of hydrogen-bond donors (Lipinski definition) is 2. The summed E-state index contributed by atoms with van der Waals surface area (Å²) in [6, 6.07) is 16.1. The van der Waals surface area contributed by atoms with Crippen LogP contribution in [0.3, 0.4) is 0 Å². The maximum atomic E-state index is 4.48. The summed E-state index contributed by atoms with van der Waals surface area (Å²) in [6.07, 6.45) is 4.78. The minimum atomic E-state index is 0.734. The van der Waals surface area contributed by atoms with Gasteiger partial charge in [-0.15, -0.1) is 0 Å². The van der Waals surface area contributed by atoms with Crippen molar-refractivity contribution in [2.45, 2.75) is 13.3 Å². The Morgan fingerprint density at radius 2 is 1.88 bits per heavy atom. The van der Waals surface area contributed by atoms with Crippen LogP contribution in [0.25, 0.3) is 22.3 Å². The van der Waals surface area contributed by atoms with Gasteiger partial charge in [0.15, 0.2) is 0 Å². The van der Waals surface area contributed by atoms with Gasteiger partial charge in [0, 0.05) is 35.9 Å². The SMILES string of the molecule is Cc1nc(NCCc2c[nH]c3ccccc23)cc(-c2ccccn2)n1. The van der Waals surface area contributed by atoms with Crippen molar-refractivity contribution in [1.82, 2.24) is 19.9 Å². The van der Waals surface area contributed by atoms with Gasteiger partial charge in [0.2, 0.25) is 0 Å². The van der Waals surface area contributed by atoms with Crippen molar-refractivity contribution in [2.75, 3.05) is 11.9 Å².